The summed E-state index contributed by atoms with van der Waals surface area (Å²) < 4.78 is 0. The minimum Gasteiger partial charge on any atom is 1.00 e. The summed E-state index contributed by atoms with van der Waals surface area (Å²) in [5.41, 5.74) is 0. The molecule has 0 rings (SSSR count). The second kappa shape index (κ2) is 22.5. The van der Waals surface area contributed by atoms with E-state index in [9.17, 15) is 0 Å². The van der Waals surface area contributed by atoms with Gasteiger partial charge in [0.25, 0.3) is 5.09 Å². The molecule has 0 aliphatic heterocycles. The average molecular weight is 320 g/mol. The standard InChI is InChI=1S/C2H4O2.2ClH.2Cu.HNO3/c1-2(3)4;;;;;2-1(3)4/h1H3,(H,3,4);2*1H;;;(H,2,3,4)/q;;;+1;+2;/p-3. The Balaban J connectivity index is -0.0000000389. The molecule has 0 bridgehead atoms. The number of carbonyl (C=O) groups is 1. The zero-order valence-electron chi connectivity index (χ0n) is 5.39. The number of rotatable bonds is 0. The van der Waals surface area contributed by atoms with Gasteiger partial charge in [-0.15, -0.1) is 10.1 Å². The van der Waals surface area contributed by atoms with Crippen LogP contribution in [0.15, 0.2) is 0 Å². The fourth-order valence-electron chi connectivity index (χ4n) is 0. The van der Waals surface area contributed by atoms with Crippen molar-refractivity contribution in [2.45, 2.75) is 6.92 Å². The normalized spacial score (nSPS) is 5.92. The molecule has 1 N–H and O–H groups in total. The Morgan fingerprint density at radius 1 is 1.58 bits per heavy atom. The Kier molecular flexibility index (Phi) is 42.7. The summed E-state index contributed by atoms with van der Waals surface area (Å²) in [6.45, 7) is 0.972. The number of aliphatic carboxylic acids is 1. The monoisotopic (exact) mass is 318 g/mol. The van der Waals surface area contributed by atoms with Crippen molar-refractivity contribution in [1.82, 2.24) is 0 Å². The molecular formula is C2H4Cl2Cu2NO5. The summed E-state index contributed by atoms with van der Waals surface area (Å²) in [4.78, 5) is 17.2. The van der Waals surface area contributed by atoms with Gasteiger partial charge in [-0.1, -0.05) is 0 Å². The molecule has 0 saturated carbocycles. The van der Waals surface area contributed by atoms with Crippen LogP contribution in [0.2, 0.25) is 0 Å². The van der Waals surface area contributed by atoms with Crippen LogP contribution in [0, 0.1) is 10.1 Å². The van der Waals surface area contributed by atoms with Crippen LogP contribution in [0.5, 0.6) is 0 Å². The predicted molar refractivity (Wildman–Crippen MR) is 31.2 cm³/mol. The molecule has 6 nitrogen and oxygen atoms in total. The molecular weight excluding hydrogens is 316 g/mol. The maximum Gasteiger partial charge on any atom is 1.00 e. The minimum atomic E-state index is -1.50. The molecule has 0 unspecified atom stereocenters. The number of carboxylic acid groups (broad SMARTS) is 1. The van der Waals surface area contributed by atoms with E-state index in [4.69, 9.17) is 25.2 Å². The molecule has 0 aromatic carbocycles. The van der Waals surface area contributed by atoms with Crippen molar-refractivity contribution < 1.29 is 50.4 Å². The zero-order valence-corrected chi connectivity index (χ0v) is 8.78. The van der Waals surface area contributed by atoms with Crippen LogP contribution in [0.25, 0.3) is 0 Å². The zero-order chi connectivity index (χ0) is 9.86. The number of hydrogen-bond donors (Lipinski definition) is 1. The van der Waals surface area contributed by atoms with Crippen molar-refractivity contribution in [1.29, 1.82) is 0 Å². The molecule has 0 aliphatic carbocycles. The Morgan fingerprint density at radius 3 is 1.58 bits per heavy atom. The first-order chi connectivity index (χ1) is 4.88. The van der Waals surface area contributed by atoms with E-state index in [2.05, 4.69) is 20.2 Å². The van der Waals surface area contributed by atoms with Gasteiger partial charge in [0.15, 0.2) is 0 Å². The molecule has 0 amide bonds. The number of nitrogens with zero attached hydrogens (tertiary/aromatic N) is 1. The maximum atomic E-state index is 8.89. The third kappa shape index (κ3) is 10600. The number of hydrogen-bond acceptors (Lipinski definition) is 4. The number of carbonyl (C=O) groups excluding carboxylic acids is 1. The maximum absolute atomic E-state index is 8.89. The summed E-state index contributed by atoms with van der Waals surface area (Å²) >= 11 is 0.757. The quantitative estimate of drug-likeness (QED) is 0.378. The molecule has 0 aromatic rings. The Morgan fingerprint density at radius 2 is 1.58 bits per heavy atom. The molecule has 10 heteroatoms. The van der Waals surface area contributed by atoms with Gasteiger partial charge in [0, 0.05) is 5.97 Å². The van der Waals surface area contributed by atoms with E-state index < -0.39 is 11.1 Å². The minimum absolute atomic E-state index is 0. The van der Waals surface area contributed by atoms with Crippen molar-refractivity contribution >= 4 is 26.2 Å². The van der Waals surface area contributed by atoms with E-state index in [1.165, 1.54) is 0 Å². The van der Waals surface area contributed by atoms with Gasteiger partial charge in [0.05, 0.1) is 0 Å². The summed E-state index contributed by atoms with van der Waals surface area (Å²) in [5, 5.41) is 22.5. The van der Waals surface area contributed by atoms with E-state index in [0.29, 0.717) is 0 Å². The molecule has 0 aromatic heterocycles. The SMILES string of the molecule is CC(=O)[O-].O=[N+]([O-])O.[Cl][Cu][Cl].[Cu+]. The van der Waals surface area contributed by atoms with Gasteiger partial charge >= 0.3 is 50.4 Å². The Hall–Kier alpha value is 0.289. The molecule has 0 saturated heterocycles. The van der Waals surface area contributed by atoms with Crippen LogP contribution in [0.3, 0.4) is 0 Å². The molecule has 0 heterocycles. The van der Waals surface area contributed by atoms with E-state index in [1.54, 1.807) is 0 Å². The van der Waals surface area contributed by atoms with E-state index in [-0.39, 0.29) is 17.1 Å². The van der Waals surface area contributed by atoms with Gasteiger partial charge in [0.2, 0.25) is 0 Å². The predicted octanol–water partition coefficient (Wildman–Crippen LogP) is -0.217. The second-order valence-electron chi connectivity index (χ2n) is 0.772. The van der Waals surface area contributed by atoms with E-state index in [0.717, 1.165) is 20.1 Å². The van der Waals surface area contributed by atoms with Crippen molar-refractivity contribution in [3.05, 3.63) is 10.1 Å². The van der Waals surface area contributed by atoms with E-state index >= 15 is 0 Å². The molecule has 0 radical (unpaired) electrons. The second-order valence-corrected chi connectivity index (χ2v) is 2.33. The fraction of sp³-hybridized carbons (Fsp3) is 0.500. The van der Waals surface area contributed by atoms with Crippen LogP contribution < -0.4 is 5.11 Å². The average Bonchev–Trinajstić information content (AvgIpc) is 1.60. The summed E-state index contributed by atoms with van der Waals surface area (Å²) in [5.74, 6) is -1.08. The molecule has 12 heavy (non-hydrogen) atoms. The smallest absolute Gasteiger partial charge is 1.00 e. The van der Waals surface area contributed by atoms with Gasteiger partial charge in [0.1, 0.15) is 0 Å². The van der Waals surface area contributed by atoms with Gasteiger partial charge in [-0.05, 0) is 6.92 Å². The van der Waals surface area contributed by atoms with Crippen LogP contribution in [-0.2, 0) is 35.0 Å². The Bertz CT molecular complexity index is 93.6. The van der Waals surface area contributed by atoms with Gasteiger partial charge < -0.3 is 15.1 Å². The van der Waals surface area contributed by atoms with Crippen molar-refractivity contribution in [2.75, 3.05) is 0 Å². The Labute approximate surface area is 93.4 Å². The third-order valence-corrected chi connectivity index (χ3v) is 0. The number of halogens is 2. The van der Waals surface area contributed by atoms with Crippen LogP contribution in [-0.4, -0.2) is 16.3 Å². The van der Waals surface area contributed by atoms with Crippen LogP contribution >= 0.6 is 20.2 Å². The summed E-state index contributed by atoms with van der Waals surface area (Å²) in [6.07, 6.45) is 0. The topological polar surface area (TPSA) is 104 Å². The van der Waals surface area contributed by atoms with Crippen molar-refractivity contribution in [3.63, 3.8) is 0 Å². The first-order valence-corrected chi connectivity index (χ1v) is 4.29. The molecule has 0 fully saturated rings. The first-order valence-electron chi connectivity index (χ1n) is 1.70. The number of carboxylic acids is 1. The fourth-order valence-corrected chi connectivity index (χ4v) is 0. The largest absolute Gasteiger partial charge is 1.00 e. The molecule has 83 valence electrons. The van der Waals surface area contributed by atoms with Gasteiger partial charge in [-0.3, -0.25) is 0 Å². The third-order valence-electron chi connectivity index (χ3n) is 0. The molecule has 0 spiro atoms. The van der Waals surface area contributed by atoms with Gasteiger partial charge in [-0.25, -0.2) is 0 Å². The first kappa shape index (κ1) is 22.8. The van der Waals surface area contributed by atoms with Crippen molar-refractivity contribution in [2.24, 2.45) is 0 Å². The van der Waals surface area contributed by atoms with Crippen molar-refractivity contribution in [3.8, 4) is 0 Å². The van der Waals surface area contributed by atoms with Crippen LogP contribution in [0.1, 0.15) is 6.92 Å². The summed E-state index contributed by atoms with van der Waals surface area (Å²) in [7, 11) is 9.34. The molecule has 0 atom stereocenters. The summed E-state index contributed by atoms with van der Waals surface area (Å²) in [6, 6.07) is 0. The molecule has 0 aliphatic rings. The van der Waals surface area contributed by atoms with E-state index in [1.807, 2.05) is 0 Å². The van der Waals surface area contributed by atoms with Gasteiger partial charge in [-0.2, -0.15) is 0 Å². The van der Waals surface area contributed by atoms with Crippen LogP contribution in [0.4, 0.5) is 0 Å².